The fraction of sp³-hybridized carbons (Fsp3) is 0.381. The lowest BCUT2D eigenvalue weighted by Crippen LogP contribution is -2.36. The molecule has 0 spiro atoms. The second-order valence-corrected chi connectivity index (χ2v) is 9.67. The van der Waals surface area contributed by atoms with E-state index in [-0.39, 0.29) is 0 Å². The Morgan fingerprint density at radius 2 is 1.83 bits per heavy atom. The molecule has 3 aromatic rings. The molecular formula is C21H26N6O2S. The summed E-state index contributed by atoms with van der Waals surface area (Å²) in [6.07, 6.45) is 3.98. The van der Waals surface area contributed by atoms with Crippen molar-refractivity contribution in [2.45, 2.75) is 44.2 Å². The van der Waals surface area contributed by atoms with Gasteiger partial charge in [0.2, 0.25) is 16.0 Å². The molecule has 0 amide bonds. The first-order valence-corrected chi connectivity index (χ1v) is 11.4. The minimum absolute atomic E-state index is 0.314. The van der Waals surface area contributed by atoms with Crippen LogP contribution >= 0.6 is 0 Å². The van der Waals surface area contributed by atoms with Crippen molar-refractivity contribution < 1.29 is 8.42 Å². The Labute approximate surface area is 177 Å². The molecule has 158 valence electrons. The molecule has 0 radical (unpaired) electrons. The maximum atomic E-state index is 13.2. The van der Waals surface area contributed by atoms with Crippen LogP contribution in [0, 0.1) is 0 Å². The number of nitrogens with one attached hydrogen (secondary N) is 1. The lowest BCUT2D eigenvalue weighted by molar-refractivity contribution is 0.379. The summed E-state index contributed by atoms with van der Waals surface area (Å²) in [5.41, 5.74) is 4.05. The van der Waals surface area contributed by atoms with E-state index in [2.05, 4.69) is 34.2 Å². The van der Waals surface area contributed by atoms with E-state index in [0.29, 0.717) is 42.8 Å². The minimum Gasteiger partial charge on any atom is -0.348 e. The van der Waals surface area contributed by atoms with Gasteiger partial charge in [-0.15, -0.1) is 0 Å². The molecule has 0 unspecified atom stereocenters. The van der Waals surface area contributed by atoms with Crippen LogP contribution in [0.5, 0.6) is 0 Å². The molecule has 0 atom stereocenters. The van der Waals surface area contributed by atoms with E-state index in [1.54, 1.807) is 39.6 Å². The topological polar surface area (TPSA) is 93.0 Å². The minimum atomic E-state index is -3.55. The van der Waals surface area contributed by atoms with Gasteiger partial charge in [-0.25, -0.2) is 18.4 Å². The van der Waals surface area contributed by atoms with E-state index in [1.165, 1.54) is 0 Å². The molecule has 1 aliphatic rings. The molecule has 1 N–H and O–H groups in total. The largest absolute Gasteiger partial charge is 0.348 e. The van der Waals surface area contributed by atoms with Gasteiger partial charge in [0.15, 0.2) is 0 Å². The third-order valence-corrected chi connectivity index (χ3v) is 7.32. The van der Waals surface area contributed by atoms with Gasteiger partial charge in [-0.05, 0) is 36.1 Å². The van der Waals surface area contributed by atoms with Gasteiger partial charge in [-0.3, -0.25) is 4.68 Å². The number of fused-ring (bicyclic) bond motifs is 1. The molecule has 0 saturated carbocycles. The number of aryl methyl sites for hydroxylation is 1. The van der Waals surface area contributed by atoms with E-state index in [0.717, 1.165) is 22.5 Å². The predicted molar refractivity (Wildman–Crippen MR) is 114 cm³/mol. The smallest absolute Gasteiger partial charge is 0.243 e. The molecule has 3 heterocycles. The number of benzene rings is 1. The third kappa shape index (κ3) is 3.95. The fourth-order valence-corrected chi connectivity index (χ4v) is 5.11. The van der Waals surface area contributed by atoms with Crippen molar-refractivity contribution in [1.82, 2.24) is 24.1 Å². The number of aromatic nitrogens is 4. The highest BCUT2D eigenvalue weighted by atomic mass is 32.2. The number of anilines is 1. The van der Waals surface area contributed by atoms with Gasteiger partial charge in [0.1, 0.15) is 0 Å². The van der Waals surface area contributed by atoms with E-state index < -0.39 is 10.0 Å². The molecule has 0 bridgehead atoms. The Morgan fingerprint density at radius 3 is 2.50 bits per heavy atom. The molecule has 30 heavy (non-hydrogen) atoms. The van der Waals surface area contributed by atoms with Crippen LogP contribution in [-0.2, 0) is 36.6 Å². The van der Waals surface area contributed by atoms with Gasteiger partial charge >= 0.3 is 0 Å². The van der Waals surface area contributed by atoms with E-state index in [9.17, 15) is 8.42 Å². The normalized spacial score (nSPS) is 14.7. The van der Waals surface area contributed by atoms with Crippen molar-refractivity contribution in [1.29, 1.82) is 0 Å². The van der Waals surface area contributed by atoms with Crippen LogP contribution in [0.25, 0.3) is 0 Å². The van der Waals surface area contributed by atoms with Gasteiger partial charge in [0, 0.05) is 31.5 Å². The highest BCUT2D eigenvalue weighted by molar-refractivity contribution is 7.89. The summed E-state index contributed by atoms with van der Waals surface area (Å²) >= 11 is 0. The van der Waals surface area contributed by atoms with Gasteiger partial charge in [0.25, 0.3) is 0 Å². The molecule has 1 aliphatic heterocycles. The Morgan fingerprint density at radius 1 is 1.13 bits per heavy atom. The lowest BCUT2D eigenvalue weighted by atomic mass is 10.0. The average molecular weight is 427 g/mol. The van der Waals surface area contributed by atoms with Gasteiger partial charge in [-0.1, -0.05) is 26.0 Å². The zero-order valence-electron chi connectivity index (χ0n) is 17.4. The zero-order chi connectivity index (χ0) is 21.3. The first kappa shape index (κ1) is 20.5. The number of hydrogen-bond donors (Lipinski definition) is 1. The van der Waals surface area contributed by atoms with Gasteiger partial charge < -0.3 is 5.32 Å². The maximum absolute atomic E-state index is 13.2. The maximum Gasteiger partial charge on any atom is 0.243 e. The third-order valence-electron chi connectivity index (χ3n) is 5.46. The number of sulfonamides is 1. The van der Waals surface area contributed by atoms with Crippen LogP contribution in [0.3, 0.4) is 0 Å². The summed E-state index contributed by atoms with van der Waals surface area (Å²) in [6.45, 7) is 5.43. The van der Waals surface area contributed by atoms with Crippen molar-refractivity contribution in [3.8, 4) is 0 Å². The standard InChI is InChI=1S/C21H26N6O2S/c1-15(2)16-5-7-17(8-6-16)30(28,29)27-12-9-18-19(25-26(3)20(18)14-27)13-24-21-22-10-4-11-23-21/h4-8,10-11,15H,9,12-14H2,1-3H3,(H,22,23,24). The average Bonchev–Trinajstić information content (AvgIpc) is 3.08. The number of nitrogens with zero attached hydrogens (tertiary/aromatic N) is 5. The molecule has 0 fully saturated rings. The monoisotopic (exact) mass is 426 g/mol. The quantitative estimate of drug-likeness (QED) is 0.651. The van der Waals surface area contributed by atoms with Crippen molar-refractivity contribution in [3.63, 3.8) is 0 Å². The summed E-state index contributed by atoms with van der Waals surface area (Å²) in [6, 6.07) is 8.97. The van der Waals surface area contributed by atoms with Crippen molar-refractivity contribution >= 4 is 16.0 Å². The van der Waals surface area contributed by atoms with Crippen LogP contribution in [0.15, 0.2) is 47.6 Å². The first-order valence-electron chi connectivity index (χ1n) is 10.0. The highest BCUT2D eigenvalue weighted by Crippen LogP contribution is 2.28. The van der Waals surface area contributed by atoms with Gasteiger partial charge in [0.05, 0.1) is 29.4 Å². The summed E-state index contributed by atoms with van der Waals surface area (Å²) in [5.74, 6) is 0.906. The van der Waals surface area contributed by atoms with Crippen molar-refractivity contribution in [3.05, 3.63) is 65.2 Å². The molecule has 1 aromatic carbocycles. The van der Waals surface area contributed by atoms with E-state index in [4.69, 9.17) is 0 Å². The molecule has 0 aliphatic carbocycles. The van der Waals surface area contributed by atoms with Crippen LogP contribution in [0.1, 0.15) is 42.3 Å². The Hall–Kier alpha value is -2.78. The second-order valence-electron chi connectivity index (χ2n) is 7.73. The van der Waals surface area contributed by atoms with Crippen LogP contribution in [0.4, 0.5) is 5.95 Å². The Balaban J connectivity index is 1.52. The van der Waals surface area contributed by atoms with Crippen LogP contribution < -0.4 is 5.32 Å². The van der Waals surface area contributed by atoms with Crippen molar-refractivity contribution in [2.75, 3.05) is 11.9 Å². The Kier molecular flexibility index (Phi) is 5.57. The molecular weight excluding hydrogens is 400 g/mol. The highest BCUT2D eigenvalue weighted by Gasteiger charge is 2.31. The SMILES string of the molecule is CC(C)c1ccc(S(=O)(=O)N2CCc3c(CNc4ncccn4)nn(C)c3C2)cc1. The summed E-state index contributed by atoms with van der Waals surface area (Å²) in [7, 11) is -1.70. The van der Waals surface area contributed by atoms with Crippen molar-refractivity contribution in [2.24, 2.45) is 7.05 Å². The lowest BCUT2D eigenvalue weighted by Gasteiger charge is -2.27. The summed E-state index contributed by atoms with van der Waals surface area (Å²) in [4.78, 5) is 8.66. The van der Waals surface area contributed by atoms with Crippen LogP contribution in [-0.4, -0.2) is 39.0 Å². The molecule has 4 rings (SSSR count). The van der Waals surface area contributed by atoms with Crippen LogP contribution in [0.2, 0.25) is 0 Å². The number of rotatable bonds is 6. The fourth-order valence-electron chi connectivity index (χ4n) is 3.71. The second kappa shape index (κ2) is 8.16. The molecule has 8 nitrogen and oxygen atoms in total. The molecule has 9 heteroatoms. The Bertz CT molecular complexity index is 1120. The summed E-state index contributed by atoms with van der Waals surface area (Å²) in [5, 5.41) is 7.78. The van der Waals surface area contributed by atoms with Gasteiger partial charge in [-0.2, -0.15) is 9.40 Å². The number of hydrogen-bond acceptors (Lipinski definition) is 6. The zero-order valence-corrected chi connectivity index (χ0v) is 18.2. The predicted octanol–water partition coefficient (Wildman–Crippen LogP) is 2.69. The van der Waals surface area contributed by atoms with E-state index in [1.807, 2.05) is 19.2 Å². The summed E-state index contributed by atoms with van der Waals surface area (Å²) < 4.78 is 29.7. The first-order chi connectivity index (χ1) is 14.4. The molecule has 0 saturated heterocycles. The van der Waals surface area contributed by atoms with E-state index >= 15 is 0 Å². The molecule has 2 aromatic heterocycles.